The van der Waals surface area contributed by atoms with Gasteiger partial charge in [-0.3, -0.25) is 4.79 Å². The number of rotatable bonds is 4. The van der Waals surface area contributed by atoms with Crippen molar-refractivity contribution in [3.05, 3.63) is 29.7 Å². The predicted octanol–water partition coefficient (Wildman–Crippen LogP) is 1.63. The third-order valence-corrected chi connectivity index (χ3v) is 4.38. The van der Waals surface area contributed by atoms with Crippen molar-refractivity contribution in [2.75, 3.05) is 23.7 Å². The first-order valence-corrected chi connectivity index (χ1v) is 8.39. The quantitative estimate of drug-likeness (QED) is 0.758. The molecule has 0 atom stereocenters. The molecule has 7 nitrogen and oxygen atoms in total. The van der Waals surface area contributed by atoms with Gasteiger partial charge < -0.3 is 20.9 Å². The molecule has 2 aromatic rings. The molecule has 0 fully saturated rings. The summed E-state index contributed by atoms with van der Waals surface area (Å²) >= 11 is 1.54. The molecular weight excluding hydrogens is 348 g/mol. The van der Waals surface area contributed by atoms with E-state index in [-0.39, 0.29) is 18.3 Å². The number of aromatic amines is 1. The van der Waals surface area contributed by atoms with Crippen LogP contribution in [0.15, 0.2) is 29.7 Å². The largest absolute Gasteiger partial charge is 0.350 e. The molecule has 0 unspecified atom stereocenters. The van der Waals surface area contributed by atoms with Crippen LogP contribution in [0.25, 0.3) is 11.0 Å². The van der Waals surface area contributed by atoms with Crippen LogP contribution in [0.4, 0.5) is 5.82 Å². The smallest absolute Gasteiger partial charge is 0.259 e. The second-order valence-corrected chi connectivity index (χ2v) is 7.28. The van der Waals surface area contributed by atoms with Gasteiger partial charge in [0.2, 0.25) is 0 Å². The van der Waals surface area contributed by atoms with Gasteiger partial charge >= 0.3 is 0 Å². The summed E-state index contributed by atoms with van der Waals surface area (Å²) < 4.78 is 0. The molecule has 0 saturated carbocycles. The molecule has 0 bridgehead atoms. The molecule has 4 N–H and O–H groups in total. The highest BCUT2D eigenvalue weighted by molar-refractivity contribution is 8.04. The second-order valence-electron chi connectivity index (χ2n) is 6.14. The molecule has 1 aliphatic heterocycles. The van der Waals surface area contributed by atoms with Crippen LogP contribution in [0.5, 0.6) is 0 Å². The van der Waals surface area contributed by atoms with Gasteiger partial charge in [0.05, 0.1) is 10.3 Å². The van der Waals surface area contributed by atoms with Gasteiger partial charge in [0, 0.05) is 36.8 Å². The highest BCUT2D eigenvalue weighted by Gasteiger charge is 2.21. The summed E-state index contributed by atoms with van der Waals surface area (Å²) in [7, 11) is 0. The topological polar surface area (TPSA) is 99.9 Å². The zero-order valence-corrected chi connectivity index (χ0v) is 15.2. The molecule has 2 aromatic heterocycles. The summed E-state index contributed by atoms with van der Waals surface area (Å²) in [6.45, 7) is 4.98. The Kier molecular flexibility index (Phi) is 5.74. The summed E-state index contributed by atoms with van der Waals surface area (Å²) in [5.41, 5.74) is 6.27. The van der Waals surface area contributed by atoms with Gasteiger partial charge in [-0.05, 0) is 19.9 Å². The molecule has 9 heteroatoms. The number of thioether (sulfide) groups is 1. The Balaban J connectivity index is 0.00000208. The van der Waals surface area contributed by atoms with Gasteiger partial charge in [0.25, 0.3) is 5.91 Å². The first-order valence-electron chi connectivity index (χ1n) is 7.40. The van der Waals surface area contributed by atoms with Gasteiger partial charge in [0.1, 0.15) is 17.8 Å². The minimum atomic E-state index is -0.431. The summed E-state index contributed by atoms with van der Waals surface area (Å²) in [6, 6.07) is 1.94. The van der Waals surface area contributed by atoms with Crippen molar-refractivity contribution in [3.8, 4) is 0 Å². The predicted molar refractivity (Wildman–Crippen MR) is 100 cm³/mol. The zero-order valence-electron chi connectivity index (χ0n) is 13.6. The fourth-order valence-corrected chi connectivity index (χ4v) is 3.18. The van der Waals surface area contributed by atoms with Gasteiger partial charge in [-0.1, -0.05) is 0 Å². The molecule has 0 saturated heterocycles. The maximum Gasteiger partial charge on any atom is 0.259 e. The van der Waals surface area contributed by atoms with Crippen LogP contribution >= 0.6 is 24.2 Å². The Hall–Kier alpha value is -1.77. The maximum absolute atomic E-state index is 12.3. The lowest BCUT2D eigenvalue weighted by Crippen LogP contribution is -2.45. The van der Waals surface area contributed by atoms with Crippen molar-refractivity contribution in [2.45, 2.75) is 19.4 Å². The molecule has 0 aromatic carbocycles. The first-order chi connectivity index (χ1) is 10.9. The summed E-state index contributed by atoms with van der Waals surface area (Å²) in [4.78, 5) is 26.6. The molecule has 3 rings (SSSR count). The highest BCUT2D eigenvalue weighted by atomic mass is 35.5. The number of nitrogens with two attached hydrogens (primary N) is 1. The fraction of sp³-hybridized carbons (Fsp3) is 0.400. The van der Waals surface area contributed by atoms with Crippen molar-refractivity contribution in [2.24, 2.45) is 5.73 Å². The Labute approximate surface area is 150 Å². The number of fused-ring (bicyclic) bond motifs is 1. The molecule has 130 valence electrons. The van der Waals surface area contributed by atoms with Crippen LogP contribution in [-0.4, -0.2) is 45.2 Å². The number of carbonyl (C=O) groups is 1. The zero-order chi connectivity index (χ0) is 16.4. The second kappa shape index (κ2) is 7.42. The summed E-state index contributed by atoms with van der Waals surface area (Å²) in [5, 5.41) is 3.82. The van der Waals surface area contributed by atoms with Crippen molar-refractivity contribution < 1.29 is 4.79 Å². The SMILES string of the molecule is CC(C)(N)CNC(=O)C1=CN(c2ncnc3[nH]ccc23)CCS1.Cl. The molecule has 0 aliphatic carbocycles. The van der Waals surface area contributed by atoms with Gasteiger partial charge in [-0.15, -0.1) is 24.2 Å². The van der Waals surface area contributed by atoms with E-state index in [1.165, 1.54) is 6.33 Å². The minimum Gasteiger partial charge on any atom is -0.350 e. The van der Waals surface area contributed by atoms with E-state index >= 15 is 0 Å². The third kappa shape index (κ3) is 4.19. The monoisotopic (exact) mass is 368 g/mol. The van der Waals surface area contributed by atoms with E-state index in [0.29, 0.717) is 11.4 Å². The highest BCUT2D eigenvalue weighted by Crippen LogP contribution is 2.28. The van der Waals surface area contributed by atoms with Gasteiger partial charge in [-0.2, -0.15) is 0 Å². The Morgan fingerprint density at radius 3 is 3.04 bits per heavy atom. The first kappa shape index (κ1) is 18.6. The normalized spacial score (nSPS) is 15.0. The van der Waals surface area contributed by atoms with Crippen molar-refractivity contribution in [1.82, 2.24) is 20.3 Å². The van der Waals surface area contributed by atoms with Gasteiger partial charge in [-0.25, -0.2) is 9.97 Å². The standard InChI is InChI=1S/C15H20N6OS.ClH/c1-15(2,16)8-18-14(22)11-7-21(5-6-23-11)13-10-3-4-17-12(10)19-9-20-13;/h3-4,7,9H,5-6,8,16H2,1-2H3,(H,18,22)(H,17,19,20);1H. The molecule has 0 radical (unpaired) electrons. The lowest BCUT2D eigenvalue weighted by atomic mass is 10.1. The molecule has 3 heterocycles. The Morgan fingerprint density at radius 2 is 2.29 bits per heavy atom. The summed E-state index contributed by atoms with van der Waals surface area (Å²) in [6.07, 6.45) is 5.21. The van der Waals surface area contributed by atoms with Crippen LogP contribution in [0.3, 0.4) is 0 Å². The lowest BCUT2D eigenvalue weighted by molar-refractivity contribution is -0.117. The Bertz CT molecular complexity index is 754. The summed E-state index contributed by atoms with van der Waals surface area (Å²) in [5.74, 6) is 1.53. The minimum absolute atomic E-state index is 0. The number of H-pyrrole nitrogens is 1. The molecular formula is C15H21ClN6OS. The van der Waals surface area contributed by atoms with Crippen LogP contribution in [0.1, 0.15) is 13.8 Å². The number of carbonyl (C=O) groups excluding carboxylic acids is 1. The molecule has 24 heavy (non-hydrogen) atoms. The number of hydrogen-bond acceptors (Lipinski definition) is 6. The third-order valence-electron chi connectivity index (χ3n) is 3.40. The van der Waals surface area contributed by atoms with E-state index in [4.69, 9.17) is 5.73 Å². The fourth-order valence-electron chi connectivity index (χ4n) is 2.27. The van der Waals surface area contributed by atoms with E-state index in [2.05, 4.69) is 20.3 Å². The molecule has 1 amide bonds. The number of nitrogens with zero attached hydrogens (tertiary/aromatic N) is 3. The average molecular weight is 369 g/mol. The van der Waals surface area contributed by atoms with Gasteiger partial charge in [0.15, 0.2) is 0 Å². The van der Waals surface area contributed by atoms with Crippen LogP contribution < -0.4 is 16.0 Å². The lowest BCUT2D eigenvalue weighted by Gasteiger charge is -2.26. The number of halogens is 1. The molecule has 0 spiro atoms. The number of nitrogens with one attached hydrogen (secondary N) is 2. The van der Waals surface area contributed by atoms with E-state index in [1.807, 2.05) is 37.2 Å². The van der Waals surface area contributed by atoms with Crippen molar-refractivity contribution in [3.63, 3.8) is 0 Å². The van der Waals surface area contributed by atoms with Crippen LogP contribution in [0.2, 0.25) is 0 Å². The van der Waals surface area contributed by atoms with Crippen molar-refractivity contribution in [1.29, 1.82) is 0 Å². The number of anilines is 1. The Morgan fingerprint density at radius 1 is 1.50 bits per heavy atom. The number of amides is 1. The van der Waals surface area contributed by atoms with Crippen LogP contribution in [0, 0.1) is 0 Å². The van der Waals surface area contributed by atoms with E-state index in [9.17, 15) is 4.79 Å². The van der Waals surface area contributed by atoms with E-state index < -0.39 is 5.54 Å². The number of hydrogen-bond donors (Lipinski definition) is 3. The van der Waals surface area contributed by atoms with E-state index in [0.717, 1.165) is 29.1 Å². The average Bonchev–Trinajstić information content (AvgIpc) is 3.00. The molecule has 1 aliphatic rings. The van der Waals surface area contributed by atoms with E-state index in [1.54, 1.807) is 11.8 Å². The van der Waals surface area contributed by atoms with Crippen molar-refractivity contribution >= 4 is 46.9 Å². The maximum atomic E-state index is 12.3. The number of aromatic nitrogens is 3. The van der Waals surface area contributed by atoms with Crippen LogP contribution in [-0.2, 0) is 4.79 Å².